The van der Waals surface area contributed by atoms with Gasteiger partial charge in [0.2, 0.25) is 0 Å². The Kier molecular flexibility index (Phi) is 3.55. The Labute approximate surface area is 107 Å². The van der Waals surface area contributed by atoms with Gasteiger partial charge in [0, 0.05) is 12.2 Å². The van der Waals surface area contributed by atoms with Gasteiger partial charge in [-0.3, -0.25) is 0 Å². The molecule has 0 aromatic heterocycles. The van der Waals surface area contributed by atoms with E-state index in [0.29, 0.717) is 30.5 Å². The first-order chi connectivity index (χ1) is 8.87. The summed E-state index contributed by atoms with van der Waals surface area (Å²) in [6.07, 6.45) is -4.27. The van der Waals surface area contributed by atoms with Crippen molar-refractivity contribution >= 4 is 11.8 Å². The van der Waals surface area contributed by atoms with Gasteiger partial charge in [0.05, 0.1) is 0 Å². The van der Waals surface area contributed by atoms with Crippen LogP contribution in [-0.4, -0.2) is 19.0 Å². The van der Waals surface area contributed by atoms with E-state index in [9.17, 15) is 23.1 Å². The molecule has 1 aromatic rings. The highest BCUT2D eigenvalue weighted by Gasteiger charge is 2.31. The van der Waals surface area contributed by atoms with Crippen LogP contribution < -0.4 is 14.7 Å². The maximum absolute atomic E-state index is 12.1. The van der Waals surface area contributed by atoms with Crippen LogP contribution in [-0.2, 0) is 6.42 Å². The average Bonchev–Trinajstić information content (AvgIpc) is 2.48. The standard InChI is InChI=1S/C12H12F3NO3/c13-12(14,15)19-9-4-5-10-8(7-9)3-1-2-6-16(10)11(17)18/h4-5,7H,1-3,6H2,(H,17,18)/p-1. The number of alkyl halides is 3. The van der Waals surface area contributed by atoms with E-state index in [2.05, 4.69) is 4.74 Å². The number of hydrogen-bond acceptors (Lipinski definition) is 3. The molecule has 0 N–H and O–H groups in total. The molecule has 1 aliphatic rings. The van der Waals surface area contributed by atoms with E-state index in [1.807, 2.05) is 0 Å². The zero-order valence-corrected chi connectivity index (χ0v) is 9.87. The fourth-order valence-corrected chi connectivity index (χ4v) is 2.12. The number of benzene rings is 1. The summed E-state index contributed by atoms with van der Waals surface area (Å²) in [5.74, 6) is -0.341. The number of ether oxygens (including phenoxy) is 1. The topological polar surface area (TPSA) is 52.6 Å². The van der Waals surface area contributed by atoms with Gasteiger partial charge >= 0.3 is 6.36 Å². The van der Waals surface area contributed by atoms with Crippen LogP contribution in [0.5, 0.6) is 5.75 Å². The number of carbonyl (C=O) groups excluding carboxylic acids is 1. The summed E-state index contributed by atoms with van der Waals surface area (Å²) < 4.78 is 40.2. The molecule has 4 nitrogen and oxygen atoms in total. The van der Waals surface area contributed by atoms with E-state index < -0.39 is 12.5 Å². The molecule has 0 aliphatic carbocycles. The average molecular weight is 274 g/mol. The summed E-state index contributed by atoms with van der Waals surface area (Å²) >= 11 is 0. The highest BCUT2D eigenvalue weighted by Crippen LogP contribution is 2.31. The van der Waals surface area contributed by atoms with Crippen molar-refractivity contribution in [2.24, 2.45) is 0 Å². The van der Waals surface area contributed by atoms with E-state index in [-0.39, 0.29) is 12.3 Å². The Morgan fingerprint density at radius 2 is 2.05 bits per heavy atom. The molecule has 19 heavy (non-hydrogen) atoms. The summed E-state index contributed by atoms with van der Waals surface area (Å²) in [5, 5.41) is 11.0. The minimum atomic E-state index is -4.76. The number of anilines is 1. The molecule has 0 atom stereocenters. The Bertz CT molecular complexity index is 488. The minimum Gasteiger partial charge on any atom is -0.530 e. The molecule has 0 saturated heterocycles. The molecule has 0 bridgehead atoms. The van der Waals surface area contributed by atoms with Gasteiger partial charge in [-0.1, -0.05) is 0 Å². The number of nitrogens with zero attached hydrogens (tertiary/aromatic N) is 1. The summed E-state index contributed by atoms with van der Waals surface area (Å²) in [6, 6.07) is 3.65. The van der Waals surface area contributed by atoms with Crippen molar-refractivity contribution in [1.82, 2.24) is 0 Å². The highest BCUT2D eigenvalue weighted by molar-refractivity contribution is 5.86. The number of fused-ring (bicyclic) bond motifs is 1. The fourth-order valence-electron chi connectivity index (χ4n) is 2.12. The highest BCUT2D eigenvalue weighted by atomic mass is 19.4. The molecule has 2 rings (SSSR count). The zero-order valence-electron chi connectivity index (χ0n) is 9.87. The van der Waals surface area contributed by atoms with Gasteiger partial charge in [-0.15, -0.1) is 13.2 Å². The van der Waals surface area contributed by atoms with Gasteiger partial charge in [-0.05, 0) is 43.0 Å². The second-order valence-electron chi connectivity index (χ2n) is 4.21. The van der Waals surface area contributed by atoms with Crippen molar-refractivity contribution in [3.63, 3.8) is 0 Å². The molecule has 1 heterocycles. The molecule has 1 amide bonds. The van der Waals surface area contributed by atoms with E-state index >= 15 is 0 Å². The first kappa shape index (κ1) is 13.5. The Hall–Kier alpha value is -1.92. The molecular formula is C12H11F3NO3-. The zero-order chi connectivity index (χ0) is 14.0. The predicted molar refractivity (Wildman–Crippen MR) is 58.8 cm³/mol. The number of carbonyl (C=O) groups is 1. The van der Waals surface area contributed by atoms with Crippen molar-refractivity contribution in [1.29, 1.82) is 0 Å². The first-order valence-electron chi connectivity index (χ1n) is 5.74. The number of rotatable bonds is 1. The van der Waals surface area contributed by atoms with Gasteiger partial charge in [0.1, 0.15) is 11.8 Å². The molecule has 1 aromatic carbocycles. The van der Waals surface area contributed by atoms with Crippen LogP contribution >= 0.6 is 0 Å². The van der Waals surface area contributed by atoms with Crippen molar-refractivity contribution in [3.8, 4) is 5.75 Å². The van der Waals surface area contributed by atoms with Gasteiger partial charge in [0.15, 0.2) is 0 Å². The van der Waals surface area contributed by atoms with Crippen molar-refractivity contribution in [3.05, 3.63) is 23.8 Å². The Morgan fingerprint density at radius 1 is 1.32 bits per heavy atom. The van der Waals surface area contributed by atoms with E-state index in [1.54, 1.807) is 0 Å². The fraction of sp³-hybridized carbons (Fsp3) is 0.417. The minimum absolute atomic E-state index is 0.287. The van der Waals surface area contributed by atoms with Crippen LogP contribution in [0.2, 0.25) is 0 Å². The number of carboxylic acid groups (broad SMARTS) is 1. The number of amides is 1. The quantitative estimate of drug-likeness (QED) is 0.787. The van der Waals surface area contributed by atoms with E-state index in [0.717, 1.165) is 11.0 Å². The van der Waals surface area contributed by atoms with Crippen LogP contribution in [0.3, 0.4) is 0 Å². The maximum atomic E-state index is 12.1. The second-order valence-corrected chi connectivity index (χ2v) is 4.21. The number of halogens is 3. The lowest BCUT2D eigenvalue weighted by molar-refractivity contribution is -0.274. The number of aryl methyl sites for hydroxylation is 1. The third-order valence-corrected chi connectivity index (χ3v) is 2.87. The third-order valence-electron chi connectivity index (χ3n) is 2.87. The van der Waals surface area contributed by atoms with Crippen LogP contribution in [0.4, 0.5) is 23.7 Å². The molecule has 0 saturated carbocycles. The summed E-state index contributed by atoms with van der Waals surface area (Å²) in [5.41, 5.74) is 0.885. The molecule has 0 fully saturated rings. The van der Waals surface area contributed by atoms with E-state index in [1.165, 1.54) is 12.1 Å². The molecule has 1 aliphatic heterocycles. The van der Waals surface area contributed by atoms with Gasteiger partial charge in [-0.2, -0.15) is 0 Å². The van der Waals surface area contributed by atoms with Crippen LogP contribution in [0.1, 0.15) is 18.4 Å². The van der Waals surface area contributed by atoms with Gasteiger partial charge < -0.3 is 19.5 Å². The lowest BCUT2D eigenvalue weighted by Crippen LogP contribution is -2.41. The first-order valence-corrected chi connectivity index (χ1v) is 5.74. The van der Waals surface area contributed by atoms with Crippen molar-refractivity contribution in [2.75, 3.05) is 11.4 Å². The number of hydrogen-bond donors (Lipinski definition) is 0. The SMILES string of the molecule is O=C([O-])N1CCCCc2cc(OC(F)(F)F)ccc21. The van der Waals surface area contributed by atoms with Crippen molar-refractivity contribution in [2.45, 2.75) is 25.6 Å². The van der Waals surface area contributed by atoms with Crippen LogP contribution in [0.15, 0.2) is 18.2 Å². The van der Waals surface area contributed by atoms with Crippen LogP contribution in [0.25, 0.3) is 0 Å². The van der Waals surface area contributed by atoms with E-state index in [4.69, 9.17) is 0 Å². The molecular weight excluding hydrogens is 263 g/mol. The van der Waals surface area contributed by atoms with Gasteiger partial charge in [0.25, 0.3) is 0 Å². The Balaban J connectivity index is 2.33. The van der Waals surface area contributed by atoms with Crippen molar-refractivity contribution < 1.29 is 27.8 Å². The second kappa shape index (κ2) is 4.99. The predicted octanol–water partition coefficient (Wildman–Crippen LogP) is 2.07. The van der Waals surface area contributed by atoms with Gasteiger partial charge in [-0.25, -0.2) is 0 Å². The Morgan fingerprint density at radius 3 is 2.68 bits per heavy atom. The summed E-state index contributed by atoms with van der Waals surface area (Å²) in [6.45, 7) is 0.287. The normalized spacial score (nSPS) is 15.6. The monoisotopic (exact) mass is 274 g/mol. The molecule has 7 heteroatoms. The smallest absolute Gasteiger partial charge is 0.530 e. The lowest BCUT2D eigenvalue weighted by Gasteiger charge is -2.25. The molecule has 0 unspecified atom stereocenters. The largest absolute Gasteiger partial charge is 0.573 e. The summed E-state index contributed by atoms with van der Waals surface area (Å²) in [7, 11) is 0. The third kappa shape index (κ3) is 3.30. The maximum Gasteiger partial charge on any atom is 0.573 e. The molecule has 104 valence electrons. The van der Waals surface area contributed by atoms with Crippen LogP contribution in [0, 0.1) is 0 Å². The summed E-state index contributed by atoms with van der Waals surface area (Å²) in [4.78, 5) is 12.0. The molecule has 0 spiro atoms. The molecule has 0 radical (unpaired) electrons. The lowest BCUT2D eigenvalue weighted by atomic mass is 10.1.